The molecule has 0 saturated carbocycles. The second-order valence-corrected chi connectivity index (χ2v) is 4.39. The zero-order valence-electron chi connectivity index (χ0n) is 12.6. The Morgan fingerprint density at radius 1 is 1.15 bits per heavy atom. The molecule has 5 heteroatoms. The summed E-state index contributed by atoms with van der Waals surface area (Å²) < 4.78 is 15.5. The van der Waals surface area contributed by atoms with Gasteiger partial charge in [-0.3, -0.25) is 4.79 Å². The molecule has 0 spiro atoms. The Balaban J connectivity index is 2.55. The van der Waals surface area contributed by atoms with Gasteiger partial charge in [0.05, 0.1) is 14.2 Å². The number of carbonyl (C=O) groups excluding carboxylic acids is 1. The van der Waals surface area contributed by atoms with Crippen LogP contribution in [0.1, 0.15) is 18.9 Å². The third kappa shape index (κ3) is 4.74. The highest BCUT2D eigenvalue weighted by molar-refractivity contribution is 5.80. The van der Waals surface area contributed by atoms with Gasteiger partial charge in [-0.05, 0) is 30.5 Å². The van der Waals surface area contributed by atoms with Gasteiger partial charge < -0.3 is 19.5 Å². The molecule has 0 fully saturated rings. The van der Waals surface area contributed by atoms with Crippen molar-refractivity contribution in [3.63, 3.8) is 0 Å². The minimum atomic E-state index is -0.380. The van der Waals surface area contributed by atoms with Crippen LogP contribution in [0.25, 0.3) is 0 Å². The summed E-state index contributed by atoms with van der Waals surface area (Å²) in [4.78, 5) is 11.8. The van der Waals surface area contributed by atoms with Crippen molar-refractivity contribution < 1.29 is 19.0 Å². The third-order valence-electron chi connectivity index (χ3n) is 3.07. The smallest absolute Gasteiger partial charge is 0.249 e. The lowest BCUT2D eigenvalue weighted by atomic mass is 10.1. The van der Waals surface area contributed by atoms with Crippen molar-refractivity contribution in [3.05, 3.63) is 23.8 Å². The number of hydrogen-bond acceptors (Lipinski definition) is 4. The second kappa shape index (κ2) is 8.43. The molecular formula is C15H23NO4. The summed E-state index contributed by atoms with van der Waals surface area (Å²) in [6, 6.07) is 5.69. The van der Waals surface area contributed by atoms with Crippen LogP contribution in [0.5, 0.6) is 11.5 Å². The quantitative estimate of drug-likeness (QED) is 0.789. The van der Waals surface area contributed by atoms with Crippen LogP contribution in [0.4, 0.5) is 0 Å². The minimum absolute atomic E-state index is 0.0788. The standard InChI is InChI=1S/C15H23NO4/c1-5-14(20-4)15(17)16-7-6-11-8-12(18-2)10-13(9-11)19-3/h8-10,14H,5-7H2,1-4H3,(H,16,17)/t14-/m0/s1. The van der Waals surface area contributed by atoms with E-state index in [1.165, 1.54) is 0 Å². The molecule has 1 amide bonds. The van der Waals surface area contributed by atoms with Crippen molar-refractivity contribution >= 4 is 5.91 Å². The topological polar surface area (TPSA) is 56.8 Å². The molecule has 0 aliphatic rings. The minimum Gasteiger partial charge on any atom is -0.497 e. The number of methoxy groups -OCH3 is 3. The monoisotopic (exact) mass is 281 g/mol. The maximum atomic E-state index is 11.8. The van der Waals surface area contributed by atoms with Crippen molar-refractivity contribution in [3.8, 4) is 11.5 Å². The molecule has 1 rings (SSSR count). The predicted octanol–water partition coefficient (Wildman–Crippen LogP) is 1.79. The maximum absolute atomic E-state index is 11.8. The molecule has 1 aromatic carbocycles. The van der Waals surface area contributed by atoms with E-state index in [4.69, 9.17) is 14.2 Å². The Kier molecular flexibility index (Phi) is 6.87. The van der Waals surface area contributed by atoms with Crippen LogP contribution in [0, 0.1) is 0 Å². The molecule has 0 bridgehead atoms. The highest BCUT2D eigenvalue weighted by atomic mass is 16.5. The van der Waals surface area contributed by atoms with Crippen LogP contribution in [0.2, 0.25) is 0 Å². The van der Waals surface area contributed by atoms with E-state index in [0.29, 0.717) is 19.4 Å². The van der Waals surface area contributed by atoms with Crippen LogP contribution < -0.4 is 14.8 Å². The number of benzene rings is 1. The zero-order chi connectivity index (χ0) is 15.0. The predicted molar refractivity (Wildman–Crippen MR) is 77.3 cm³/mol. The molecule has 1 N–H and O–H groups in total. The molecule has 20 heavy (non-hydrogen) atoms. The first-order valence-electron chi connectivity index (χ1n) is 6.67. The Hall–Kier alpha value is -1.75. The molecule has 5 nitrogen and oxygen atoms in total. The van der Waals surface area contributed by atoms with Gasteiger partial charge in [-0.2, -0.15) is 0 Å². The molecule has 0 saturated heterocycles. The van der Waals surface area contributed by atoms with E-state index in [-0.39, 0.29) is 12.0 Å². The summed E-state index contributed by atoms with van der Waals surface area (Å²) >= 11 is 0. The number of amides is 1. The number of hydrogen-bond donors (Lipinski definition) is 1. The number of rotatable bonds is 8. The fourth-order valence-electron chi connectivity index (χ4n) is 1.91. The average Bonchev–Trinajstić information content (AvgIpc) is 2.48. The third-order valence-corrected chi connectivity index (χ3v) is 3.07. The molecule has 1 aromatic rings. The van der Waals surface area contributed by atoms with Crippen molar-refractivity contribution in [2.75, 3.05) is 27.9 Å². The Labute approximate surface area is 120 Å². The second-order valence-electron chi connectivity index (χ2n) is 4.39. The van der Waals surface area contributed by atoms with Gasteiger partial charge >= 0.3 is 0 Å². The lowest BCUT2D eigenvalue weighted by molar-refractivity contribution is -0.131. The molecule has 0 unspecified atom stereocenters. The summed E-state index contributed by atoms with van der Waals surface area (Å²) in [5.74, 6) is 1.41. The van der Waals surface area contributed by atoms with Gasteiger partial charge in [-0.1, -0.05) is 6.92 Å². The molecule has 0 aliphatic heterocycles. The Morgan fingerprint density at radius 3 is 2.20 bits per heavy atom. The van der Waals surface area contributed by atoms with Gasteiger partial charge in [-0.15, -0.1) is 0 Å². The summed E-state index contributed by atoms with van der Waals surface area (Å²) in [6.07, 6.45) is 0.990. The summed E-state index contributed by atoms with van der Waals surface area (Å²) in [6.45, 7) is 2.47. The van der Waals surface area contributed by atoms with Gasteiger partial charge in [0.15, 0.2) is 0 Å². The van der Waals surface area contributed by atoms with Crippen LogP contribution in [0.3, 0.4) is 0 Å². The van der Waals surface area contributed by atoms with Gasteiger partial charge in [0.1, 0.15) is 17.6 Å². The zero-order valence-corrected chi connectivity index (χ0v) is 12.6. The molecule has 0 heterocycles. The van der Waals surface area contributed by atoms with E-state index in [9.17, 15) is 4.79 Å². The average molecular weight is 281 g/mol. The van der Waals surface area contributed by atoms with Crippen molar-refractivity contribution in [1.82, 2.24) is 5.32 Å². The molecule has 1 atom stereocenters. The fraction of sp³-hybridized carbons (Fsp3) is 0.533. The van der Waals surface area contributed by atoms with Crippen molar-refractivity contribution in [2.24, 2.45) is 0 Å². The Bertz CT molecular complexity index is 408. The molecular weight excluding hydrogens is 258 g/mol. The first-order chi connectivity index (χ1) is 9.64. The van der Waals surface area contributed by atoms with E-state index in [1.54, 1.807) is 21.3 Å². The summed E-state index contributed by atoms with van der Waals surface area (Å²) in [5.41, 5.74) is 1.05. The summed E-state index contributed by atoms with van der Waals surface area (Å²) in [5, 5.41) is 2.86. The normalized spacial score (nSPS) is 11.8. The van der Waals surface area contributed by atoms with E-state index >= 15 is 0 Å². The van der Waals surface area contributed by atoms with E-state index in [2.05, 4.69) is 5.32 Å². The summed E-state index contributed by atoms with van der Waals surface area (Å²) in [7, 11) is 4.77. The maximum Gasteiger partial charge on any atom is 0.249 e. The van der Waals surface area contributed by atoms with Gasteiger partial charge in [-0.25, -0.2) is 0 Å². The van der Waals surface area contributed by atoms with Crippen LogP contribution in [-0.4, -0.2) is 39.9 Å². The Morgan fingerprint density at radius 2 is 1.75 bits per heavy atom. The largest absolute Gasteiger partial charge is 0.497 e. The van der Waals surface area contributed by atoms with Crippen molar-refractivity contribution in [2.45, 2.75) is 25.9 Å². The fourth-order valence-corrected chi connectivity index (χ4v) is 1.91. The van der Waals surface area contributed by atoms with Crippen LogP contribution in [-0.2, 0) is 16.0 Å². The molecule has 112 valence electrons. The van der Waals surface area contributed by atoms with E-state index < -0.39 is 0 Å². The van der Waals surface area contributed by atoms with Gasteiger partial charge in [0, 0.05) is 19.7 Å². The number of nitrogens with one attached hydrogen (secondary N) is 1. The van der Waals surface area contributed by atoms with Gasteiger partial charge in [0.2, 0.25) is 5.91 Å². The first-order valence-corrected chi connectivity index (χ1v) is 6.67. The number of ether oxygens (including phenoxy) is 3. The van der Waals surface area contributed by atoms with Crippen LogP contribution >= 0.6 is 0 Å². The highest BCUT2D eigenvalue weighted by Crippen LogP contribution is 2.22. The number of carbonyl (C=O) groups is 1. The van der Waals surface area contributed by atoms with Crippen LogP contribution in [0.15, 0.2) is 18.2 Å². The highest BCUT2D eigenvalue weighted by Gasteiger charge is 2.14. The lowest BCUT2D eigenvalue weighted by Crippen LogP contribution is -2.36. The van der Waals surface area contributed by atoms with Gasteiger partial charge in [0.25, 0.3) is 0 Å². The van der Waals surface area contributed by atoms with E-state index in [0.717, 1.165) is 17.1 Å². The first kappa shape index (κ1) is 16.3. The molecule has 0 aromatic heterocycles. The SMILES string of the molecule is CC[C@H](OC)C(=O)NCCc1cc(OC)cc(OC)c1. The van der Waals surface area contributed by atoms with Crippen molar-refractivity contribution in [1.29, 1.82) is 0 Å². The molecule has 0 radical (unpaired) electrons. The lowest BCUT2D eigenvalue weighted by Gasteiger charge is -2.13. The molecule has 0 aliphatic carbocycles. The van der Waals surface area contributed by atoms with E-state index in [1.807, 2.05) is 25.1 Å².